The highest BCUT2D eigenvalue weighted by Crippen LogP contribution is 2.32. The van der Waals surface area contributed by atoms with Gasteiger partial charge in [-0.1, -0.05) is 0 Å². The second-order valence-corrected chi connectivity index (χ2v) is 6.62. The number of methoxy groups -OCH3 is 1. The number of hydrogen-bond donors (Lipinski definition) is 0. The standard InChI is InChI=1S/C19H20N4O2/c1-25-16-4-5-17-14(11-16)10-15(12-20)18(21-17)22-6-8-23(9-7-22)19(24)13-2-3-13/h4-5,10-11,13H,2-3,6-9H2,1H3. The van der Waals surface area contributed by atoms with E-state index in [0.29, 0.717) is 43.5 Å². The number of nitrogens with zero attached hydrogens (tertiary/aromatic N) is 4. The van der Waals surface area contributed by atoms with E-state index in [0.717, 1.165) is 29.5 Å². The van der Waals surface area contributed by atoms with Crippen molar-refractivity contribution in [1.82, 2.24) is 9.88 Å². The number of fused-ring (bicyclic) bond motifs is 1. The second-order valence-electron chi connectivity index (χ2n) is 6.62. The number of benzene rings is 1. The summed E-state index contributed by atoms with van der Waals surface area (Å²) >= 11 is 0. The van der Waals surface area contributed by atoms with Gasteiger partial charge in [0.25, 0.3) is 0 Å². The van der Waals surface area contributed by atoms with E-state index < -0.39 is 0 Å². The van der Waals surface area contributed by atoms with E-state index in [9.17, 15) is 10.1 Å². The fourth-order valence-corrected chi connectivity index (χ4v) is 3.32. The summed E-state index contributed by atoms with van der Waals surface area (Å²) in [5, 5.41) is 10.4. The zero-order valence-electron chi connectivity index (χ0n) is 14.2. The number of anilines is 1. The first-order valence-electron chi connectivity index (χ1n) is 8.62. The minimum Gasteiger partial charge on any atom is -0.497 e. The van der Waals surface area contributed by atoms with E-state index in [1.165, 1.54) is 0 Å². The number of nitriles is 1. The number of piperazine rings is 1. The fourth-order valence-electron chi connectivity index (χ4n) is 3.32. The van der Waals surface area contributed by atoms with Gasteiger partial charge in [0, 0.05) is 37.5 Å². The van der Waals surface area contributed by atoms with Gasteiger partial charge in [-0.15, -0.1) is 0 Å². The Morgan fingerprint density at radius 1 is 1.24 bits per heavy atom. The molecule has 0 N–H and O–H groups in total. The molecule has 2 heterocycles. The molecule has 0 atom stereocenters. The van der Waals surface area contributed by atoms with E-state index in [4.69, 9.17) is 9.72 Å². The number of carbonyl (C=O) groups is 1. The maximum absolute atomic E-state index is 12.2. The van der Waals surface area contributed by atoms with Crippen LogP contribution in [0.15, 0.2) is 24.3 Å². The number of carbonyl (C=O) groups excluding carboxylic acids is 1. The van der Waals surface area contributed by atoms with Crippen LogP contribution in [0.3, 0.4) is 0 Å². The molecule has 25 heavy (non-hydrogen) atoms. The highest BCUT2D eigenvalue weighted by Gasteiger charge is 2.35. The molecule has 128 valence electrons. The van der Waals surface area contributed by atoms with Crippen LogP contribution in [0.2, 0.25) is 0 Å². The Labute approximate surface area is 146 Å². The van der Waals surface area contributed by atoms with Gasteiger partial charge in [0.05, 0.1) is 18.2 Å². The average Bonchev–Trinajstić information content (AvgIpc) is 3.51. The number of pyridine rings is 1. The van der Waals surface area contributed by atoms with Crippen LogP contribution in [0.4, 0.5) is 5.82 Å². The number of rotatable bonds is 3. The normalized spacial score (nSPS) is 17.4. The van der Waals surface area contributed by atoms with Gasteiger partial charge in [-0.05, 0) is 37.1 Å². The van der Waals surface area contributed by atoms with Crippen molar-refractivity contribution in [2.45, 2.75) is 12.8 Å². The lowest BCUT2D eigenvalue weighted by atomic mass is 10.1. The topological polar surface area (TPSA) is 69.5 Å². The summed E-state index contributed by atoms with van der Waals surface area (Å²) in [5.41, 5.74) is 1.40. The summed E-state index contributed by atoms with van der Waals surface area (Å²) in [7, 11) is 1.62. The van der Waals surface area contributed by atoms with E-state index in [-0.39, 0.29) is 5.92 Å². The molecule has 1 aliphatic heterocycles. The van der Waals surface area contributed by atoms with Crippen LogP contribution in [0.1, 0.15) is 18.4 Å². The van der Waals surface area contributed by atoms with Crippen LogP contribution in [-0.2, 0) is 4.79 Å². The molecule has 6 nitrogen and oxygen atoms in total. The van der Waals surface area contributed by atoms with Crippen molar-refractivity contribution >= 4 is 22.6 Å². The summed E-state index contributed by atoms with van der Waals surface area (Å²) in [6.07, 6.45) is 2.07. The Hall–Kier alpha value is -2.81. The Balaban J connectivity index is 1.58. The van der Waals surface area contributed by atoms with Gasteiger partial charge >= 0.3 is 0 Å². The number of ether oxygens (including phenoxy) is 1. The maximum atomic E-state index is 12.2. The molecule has 6 heteroatoms. The molecule has 1 amide bonds. The summed E-state index contributed by atoms with van der Waals surface area (Å²) in [6, 6.07) is 9.79. The van der Waals surface area contributed by atoms with Crippen molar-refractivity contribution in [3.8, 4) is 11.8 Å². The smallest absolute Gasteiger partial charge is 0.225 e. The van der Waals surface area contributed by atoms with Crippen LogP contribution in [0.5, 0.6) is 5.75 Å². The van der Waals surface area contributed by atoms with Crippen molar-refractivity contribution in [3.05, 3.63) is 29.8 Å². The predicted octanol–water partition coefficient (Wildman–Crippen LogP) is 2.17. The molecule has 1 aromatic heterocycles. The molecule has 0 radical (unpaired) electrons. The quantitative estimate of drug-likeness (QED) is 0.859. The van der Waals surface area contributed by atoms with Crippen molar-refractivity contribution in [3.63, 3.8) is 0 Å². The van der Waals surface area contributed by atoms with Crippen molar-refractivity contribution < 1.29 is 9.53 Å². The van der Waals surface area contributed by atoms with E-state index >= 15 is 0 Å². The lowest BCUT2D eigenvalue weighted by Crippen LogP contribution is -2.49. The zero-order chi connectivity index (χ0) is 17.4. The third-order valence-corrected chi connectivity index (χ3v) is 4.94. The van der Waals surface area contributed by atoms with E-state index in [2.05, 4.69) is 11.0 Å². The molecule has 2 fully saturated rings. The predicted molar refractivity (Wildman–Crippen MR) is 94.5 cm³/mol. The van der Waals surface area contributed by atoms with Crippen LogP contribution >= 0.6 is 0 Å². The van der Waals surface area contributed by atoms with Crippen molar-refractivity contribution in [1.29, 1.82) is 5.26 Å². The molecule has 2 aliphatic rings. The highest BCUT2D eigenvalue weighted by molar-refractivity contribution is 5.85. The third kappa shape index (κ3) is 2.98. The molecule has 0 unspecified atom stereocenters. The molecule has 1 saturated heterocycles. The fraction of sp³-hybridized carbons (Fsp3) is 0.421. The minimum atomic E-state index is 0.259. The number of aromatic nitrogens is 1. The Morgan fingerprint density at radius 2 is 2.00 bits per heavy atom. The maximum Gasteiger partial charge on any atom is 0.225 e. The van der Waals surface area contributed by atoms with Gasteiger partial charge in [-0.25, -0.2) is 4.98 Å². The van der Waals surface area contributed by atoms with Gasteiger partial charge in [0.15, 0.2) is 0 Å². The first kappa shape index (κ1) is 15.7. The Kier molecular flexibility index (Phi) is 3.92. The third-order valence-electron chi connectivity index (χ3n) is 4.94. The van der Waals surface area contributed by atoms with Crippen LogP contribution in [0, 0.1) is 17.2 Å². The highest BCUT2D eigenvalue weighted by atomic mass is 16.5. The molecular weight excluding hydrogens is 316 g/mol. The minimum absolute atomic E-state index is 0.259. The van der Waals surface area contributed by atoms with Crippen LogP contribution in [-0.4, -0.2) is 49.1 Å². The lowest BCUT2D eigenvalue weighted by molar-refractivity contribution is -0.132. The summed E-state index contributed by atoms with van der Waals surface area (Å²) in [4.78, 5) is 21.0. The van der Waals surface area contributed by atoms with Crippen molar-refractivity contribution in [2.75, 3.05) is 38.2 Å². The molecule has 4 rings (SSSR count). The van der Waals surface area contributed by atoms with Crippen molar-refractivity contribution in [2.24, 2.45) is 5.92 Å². The second kappa shape index (κ2) is 6.25. The summed E-state index contributed by atoms with van der Waals surface area (Å²) < 4.78 is 5.24. The van der Waals surface area contributed by atoms with Crippen LogP contribution < -0.4 is 9.64 Å². The summed E-state index contributed by atoms with van der Waals surface area (Å²) in [5.74, 6) is 2.01. The Bertz CT molecular complexity index is 862. The van der Waals surface area contributed by atoms with Gasteiger partial charge in [-0.3, -0.25) is 4.79 Å². The van der Waals surface area contributed by atoms with Gasteiger partial charge in [0.2, 0.25) is 5.91 Å². The molecule has 0 bridgehead atoms. The lowest BCUT2D eigenvalue weighted by Gasteiger charge is -2.36. The number of hydrogen-bond acceptors (Lipinski definition) is 5. The monoisotopic (exact) mass is 336 g/mol. The first-order chi connectivity index (χ1) is 12.2. The molecule has 1 aliphatic carbocycles. The molecule has 1 aromatic carbocycles. The van der Waals surface area contributed by atoms with Gasteiger partial charge in [0.1, 0.15) is 17.6 Å². The molecule has 1 saturated carbocycles. The zero-order valence-corrected chi connectivity index (χ0v) is 14.2. The Morgan fingerprint density at radius 3 is 2.64 bits per heavy atom. The molecule has 0 spiro atoms. The largest absolute Gasteiger partial charge is 0.497 e. The molecular formula is C19H20N4O2. The van der Waals surface area contributed by atoms with Crippen LogP contribution in [0.25, 0.3) is 10.9 Å². The van der Waals surface area contributed by atoms with Gasteiger partial charge < -0.3 is 14.5 Å². The van der Waals surface area contributed by atoms with E-state index in [1.54, 1.807) is 7.11 Å². The SMILES string of the molecule is COc1ccc2nc(N3CCN(C(=O)C4CC4)CC3)c(C#N)cc2c1. The first-order valence-corrected chi connectivity index (χ1v) is 8.62. The molecule has 2 aromatic rings. The van der Waals surface area contributed by atoms with E-state index in [1.807, 2.05) is 29.2 Å². The average molecular weight is 336 g/mol. The number of amides is 1. The van der Waals surface area contributed by atoms with Gasteiger partial charge in [-0.2, -0.15) is 5.26 Å². The summed E-state index contributed by atoms with van der Waals surface area (Å²) in [6.45, 7) is 2.81.